The van der Waals surface area contributed by atoms with Crippen LogP contribution >= 0.6 is 0 Å². The molecule has 0 saturated heterocycles. The molecule has 0 radical (unpaired) electrons. The summed E-state index contributed by atoms with van der Waals surface area (Å²) >= 11 is 0. The van der Waals surface area contributed by atoms with Gasteiger partial charge in [0.15, 0.2) is 5.82 Å². The van der Waals surface area contributed by atoms with Crippen molar-refractivity contribution in [3.05, 3.63) is 12.0 Å². The topological polar surface area (TPSA) is 41.4 Å². The van der Waals surface area contributed by atoms with Crippen LogP contribution in [0.3, 0.4) is 0 Å². The second-order valence-corrected chi connectivity index (χ2v) is 6.75. The Morgan fingerprint density at radius 3 is 2.33 bits per heavy atom. The Morgan fingerprint density at radius 2 is 1.78 bits per heavy atom. The molecular weight excluding hydrogens is 224 g/mol. The largest absolute Gasteiger partial charge is 0.345 e. The molecule has 0 bridgehead atoms. The highest BCUT2D eigenvalue weighted by molar-refractivity contribution is 5.79. The lowest BCUT2D eigenvalue weighted by Gasteiger charge is -2.38. The minimum Gasteiger partial charge on any atom is -0.345 e. The van der Waals surface area contributed by atoms with E-state index in [-0.39, 0.29) is 11.0 Å². The van der Waals surface area contributed by atoms with Gasteiger partial charge in [0.2, 0.25) is 0 Å². The Hall–Kier alpha value is -1.45. The molecule has 0 amide bonds. The Kier molecular flexibility index (Phi) is 2.92. The summed E-state index contributed by atoms with van der Waals surface area (Å²) in [7, 11) is 0. The molecule has 0 saturated carbocycles. The summed E-state index contributed by atoms with van der Waals surface area (Å²) in [6, 6.07) is 0. The molecule has 98 valence electrons. The molecule has 1 aromatic heterocycles. The first kappa shape index (κ1) is 13.0. The quantitative estimate of drug-likeness (QED) is 0.706. The van der Waals surface area contributed by atoms with Gasteiger partial charge < -0.3 is 4.90 Å². The van der Waals surface area contributed by atoms with Crippen molar-refractivity contribution < 1.29 is 0 Å². The van der Waals surface area contributed by atoms with Gasteiger partial charge in [-0.25, -0.2) is 9.97 Å². The van der Waals surface area contributed by atoms with Gasteiger partial charge in [0.25, 0.3) is 0 Å². The molecule has 0 atom stereocenters. The van der Waals surface area contributed by atoms with Crippen molar-refractivity contribution in [1.29, 1.82) is 0 Å². The first-order valence-corrected chi connectivity index (χ1v) is 6.37. The van der Waals surface area contributed by atoms with Crippen molar-refractivity contribution in [1.82, 2.24) is 9.97 Å². The SMILES string of the molecule is CC(C)(C)c1ncc2c(n1)N(C(C)(C)C)CC=N2. The molecule has 0 fully saturated rings. The molecule has 18 heavy (non-hydrogen) atoms. The molecule has 1 aliphatic heterocycles. The molecular formula is C14H22N4. The van der Waals surface area contributed by atoms with E-state index < -0.39 is 0 Å². The van der Waals surface area contributed by atoms with Crippen LogP contribution < -0.4 is 4.90 Å². The molecule has 2 rings (SSSR count). The van der Waals surface area contributed by atoms with Gasteiger partial charge in [-0.15, -0.1) is 0 Å². The maximum Gasteiger partial charge on any atom is 0.159 e. The minimum absolute atomic E-state index is 0.0324. The van der Waals surface area contributed by atoms with Gasteiger partial charge in [-0.3, -0.25) is 4.99 Å². The lowest BCUT2D eigenvalue weighted by Crippen LogP contribution is -2.44. The van der Waals surface area contributed by atoms with Crippen LogP contribution in [0.15, 0.2) is 11.2 Å². The first-order valence-electron chi connectivity index (χ1n) is 6.37. The van der Waals surface area contributed by atoms with E-state index in [2.05, 4.69) is 56.4 Å². The minimum atomic E-state index is -0.0419. The molecule has 0 unspecified atom stereocenters. The number of hydrogen-bond acceptors (Lipinski definition) is 4. The monoisotopic (exact) mass is 246 g/mol. The maximum absolute atomic E-state index is 4.73. The number of hydrogen-bond donors (Lipinski definition) is 0. The lowest BCUT2D eigenvalue weighted by molar-refractivity contribution is 0.509. The van der Waals surface area contributed by atoms with Crippen LogP contribution in [-0.4, -0.2) is 28.3 Å². The number of fused-ring (bicyclic) bond motifs is 1. The summed E-state index contributed by atoms with van der Waals surface area (Å²) in [5.74, 6) is 1.82. The lowest BCUT2D eigenvalue weighted by atomic mass is 9.95. The van der Waals surface area contributed by atoms with Crippen LogP contribution in [-0.2, 0) is 5.41 Å². The molecule has 4 heteroatoms. The van der Waals surface area contributed by atoms with Crippen LogP contribution in [0.5, 0.6) is 0 Å². The summed E-state index contributed by atoms with van der Waals surface area (Å²) in [5.41, 5.74) is 0.855. The first-order chi connectivity index (χ1) is 8.19. The molecule has 0 spiro atoms. The van der Waals surface area contributed by atoms with Crippen molar-refractivity contribution in [3.63, 3.8) is 0 Å². The predicted molar refractivity (Wildman–Crippen MR) is 76.0 cm³/mol. The van der Waals surface area contributed by atoms with Gasteiger partial charge in [-0.05, 0) is 20.8 Å². The highest BCUT2D eigenvalue weighted by Gasteiger charge is 2.28. The number of anilines is 1. The average molecular weight is 246 g/mol. The predicted octanol–water partition coefficient (Wildman–Crippen LogP) is 3.09. The average Bonchev–Trinajstić information content (AvgIpc) is 2.25. The van der Waals surface area contributed by atoms with Crippen LogP contribution in [0.2, 0.25) is 0 Å². The van der Waals surface area contributed by atoms with Gasteiger partial charge in [0.05, 0.1) is 12.7 Å². The van der Waals surface area contributed by atoms with E-state index in [4.69, 9.17) is 4.98 Å². The van der Waals surface area contributed by atoms with E-state index in [9.17, 15) is 0 Å². The van der Waals surface area contributed by atoms with Crippen molar-refractivity contribution in [3.8, 4) is 0 Å². The van der Waals surface area contributed by atoms with E-state index in [1.807, 2.05) is 12.4 Å². The van der Waals surface area contributed by atoms with E-state index in [0.29, 0.717) is 0 Å². The highest BCUT2D eigenvalue weighted by atomic mass is 15.3. The summed E-state index contributed by atoms with van der Waals surface area (Å²) in [4.78, 5) is 15.8. The zero-order valence-electron chi connectivity index (χ0n) is 12.2. The number of aromatic nitrogens is 2. The van der Waals surface area contributed by atoms with Gasteiger partial charge in [-0.2, -0.15) is 0 Å². The van der Waals surface area contributed by atoms with Crippen molar-refractivity contribution in [2.45, 2.75) is 52.5 Å². The van der Waals surface area contributed by atoms with Gasteiger partial charge in [-0.1, -0.05) is 20.8 Å². The van der Waals surface area contributed by atoms with E-state index >= 15 is 0 Å². The smallest absolute Gasteiger partial charge is 0.159 e. The van der Waals surface area contributed by atoms with E-state index in [1.165, 1.54) is 0 Å². The van der Waals surface area contributed by atoms with E-state index in [1.54, 1.807) is 0 Å². The third-order valence-electron chi connectivity index (χ3n) is 2.98. The fourth-order valence-electron chi connectivity index (χ4n) is 1.92. The van der Waals surface area contributed by atoms with Crippen molar-refractivity contribution in [2.75, 3.05) is 11.4 Å². The Bertz CT molecular complexity index is 478. The zero-order chi connectivity index (χ0) is 13.6. The number of rotatable bonds is 0. The van der Waals surface area contributed by atoms with Crippen LogP contribution in [0.4, 0.5) is 11.5 Å². The number of aliphatic imine (C=N–C) groups is 1. The van der Waals surface area contributed by atoms with Gasteiger partial charge in [0.1, 0.15) is 11.5 Å². The van der Waals surface area contributed by atoms with E-state index in [0.717, 1.165) is 23.9 Å². The Morgan fingerprint density at radius 1 is 1.11 bits per heavy atom. The second kappa shape index (κ2) is 4.04. The van der Waals surface area contributed by atoms with Gasteiger partial charge >= 0.3 is 0 Å². The number of nitrogens with zero attached hydrogens (tertiary/aromatic N) is 4. The third-order valence-corrected chi connectivity index (χ3v) is 2.98. The summed E-state index contributed by atoms with van der Waals surface area (Å²) < 4.78 is 0. The normalized spacial score (nSPS) is 15.8. The Balaban J connectivity index is 2.52. The molecule has 0 aliphatic carbocycles. The fourth-order valence-corrected chi connectivity index (χ4v) is 1.92. The van der Waals surface area contributed by atoms with Crippen molar-refractivity contribution in [2.24, 2.45) is 4.99 Å². The van der Waals surface area contributed by atoms with Crippen LogP contribution in [0.25, 0.3) is 0 Å². The molecule has 0 aromatic carbocycles. The summed E-state index contributed by atoms with van der Waals surface area (Å²) in [5, 5.41) is 0. The third kappa shape index (κ3) is 2.37. The summed E-state index contributed by atoms with van der Waals surface area (Å²) in [6.07, 6.45) is 3.75. The highest BCUT2D eigenvalue weighted by Crippen LogP contribution is 2.34. The van der Waals surface area contributed by atoms with Crippen LogP contribution in [0.1, 0.15) is 47.4 Å². The second-order valence-electron chi connectivity index (χ2n) is 6.75. The standard InChI is InChI=1S/C14H22N4/c1-13(2,3)12-16-9-10-11(17-12)18(8-7-15-10)14(4,5)6/h7,9H,8H2,1-6H3. The zero-order valence-corrected chi connectivity index (χ0v) is 12.2. The molecule has 0 N–H and O–H groups in total. The molecule has 4 nitrogen and oxygen atoms in total. The van der Waals surface area contributed by atoms with Crippen molar-refractivity contribution >= 4 is 17.7 Å². The maximum atomic E-state index is 4.73. The van der Waals surface area contributed by atoms with Gasteiger partial charge in [0, 0.05) is 17.2 Å². The summed E-state index contributed by atoms with van der Waals surface area (Å²) in [6.45, 7) is 13.8. The molecule has 2 heterocycles. The molecule has 1 aromatic rings. The molecule has 1 aliphatic rings. The van der Waals surface area contributed by atoms with Crippen LogP contribution in [0, 0.1) is 0 Å². The fraction of sp³-hybridized carbons (Fsp3) is 0.643. The Labute approximate surface area is 109 Å².